The lowest BCUT2D eigenvalue weighted by molar-refractivity contribution is -0.175. The van der Waals surface area contributed by atoms with Crippen molar-refractivity contribution in [1.29, 1.82) is 0 Å². The van der Waals surface area contributed by atoms with E-state index in [9.17, 15) is 18.0 Å². The number of carbonyl (C=O) groups excluding carboxylic acids is 2. The van der Waals surface area contributed by atoms with Crippen LogP contribution in [0, 0.1) is 53.8 Å². The van der Waals surface area contributed by atoms with Gasteiger partial charge in [-0.3, -0.25) is 13.8 Å². The van der Waals surface area contributed by atoms with Gasteiger partial charge in [0.2, 0.25) is 0 Å². The average molecular weight is 525 g/mol. The molecule has 1 aromatic rings. The molecule has 1 aliphatic heterocycles. The van der Waals surface area contributed by atoms with Gasteiger partial charge in [0, 0.05) is 30.1 Å². The van der Waals surface area contributed by atoms with Gasteiger partial charge in [-0.05, 0) is 93.2 Å². The van der Waals surface area contributed by atoms with Crippen LogP contribution in [0.25, 0.3) is 0 Å². The normalized spacial score (nSPS) is 43.9. The number of hydrogen-bond acceptors (Lipinski definition) is 6. The van der Waals surface area contributed by atoms with E-state index >= 15 is 0 Å². The Morgan fingerprint density at radius 3 is 2.51 bits per heavy atom. The van der Waals surface area contributed by atoms with Crippen molar-refractivity contribution in [3.63, 3.8) is 0 Å². The van der Waals surface area contributed by atoms with Gasteiger partial charge in [-0.25, -0.2) is 0 Å². The fourth-order valence-electron chi connectivity index (χ4n) is 9.80. The standard InChI is InChI=1S/C30H36O6S/c1-17-3-6-20(7-4-17)37(33,34)35-16-18-13-24-22(21-8-5-19(31)14-23(18)21)9-11-29(2)28(24)25-15-26(25)30(29)12-10-27(32)36-30/h3-4,6-7,14,18,21-22,24-26,28H,5,8-13,15-16H2,1-2H3/t18-,21?,22?,24?,25?,26?,28?,29-,30-/m0/s1. The number of rotatable bonds is 4. The molecule has 1 saturated heterocycles. The first-order valence-corrected chi connectivity index (χ1v) is 15.5. The van der Waals surface area contributed by atoms with Gasteiger partial charge >= 0.3 is 5.97 Å². The maximum atomic E-state index is 13.0. The lowest BCUT2D eigenvalue weighted by Crippen LogP contribution is -2.56. The minimum atomic E-state index is -3.88. The number of ketones is 1. The molecule has 0 aromatic heterocycles. The van der Waals surface area contributed by atoms with E-state index in [0.717, 1.165) is 49.7 Å². The van der Waals surface area contributed by atoms with Crippen molar-refractivity contribution in [2.45, 2.75) is 75.7 Å². The Morgan fingerprint density at radius 2 is 1.78 bits per heavy atom. The summed E-state index contributed by atoms with van der Waals surface area (Å²) in [6.45, 7) is 4.37. The highest BCUT2D eigenvalue weighted by atomic mass is 32.2. The Kier molecular flexibility index (Phi) is 5.21. The first-order chi connectivity index (χ1) is 17.6. The molecule has 5 aliphatic carbocycles. The molecule has 6 unspecified atom stereocenters. The molecule has 0 bridgehead atoms. The summed E-state index contributed by atoms with van der Waals surface area (Å²) >= 11 is 0. The highest BCUT2D eigenvalue weighted by Gasteiger charge is 2.78. The topological polar surface area (TPSA) is 86.7 Å². The molecule has 1 aromatic carbocycles. The molecule has 1 heterocycles. The molecule has 198 valence electrons. The molecule has 7 heteroatoms. The number of fused-ring (bicyclic) bond motifs is 9. The number of benzene rings is 1. The molecule has 0 amide bonds. The summed E-state index contributed by atoms with van der Waals surface area (Å²) in [7, 11) is -3.88. The summed E-state index contributed by atoms with van der Waals surface area (Å²) in [4.78, 5) is 25.0. The Morgan fingerprint density at radius 1 is 1.00 bits per heavy atom. The maximum Gasteiger partial charge on any atom is 0.306 e. The number of hydrogen-bond donors (Lipinski definition) is 0. The Balaban J connectivity index is 1.19. The first kappa shape index (κ1) is 24.1. The van der Waals surface area contributed by atoms with E-state index in [2.05, 4.69) is 6.92 Å². The predicted molar refractivity (Wildman–Crippen MR) is 136 cm³/mol. The van der Waals surface area contributed by atoms with Crippen LogP contribution in [0.4, 0.5) is 0 Å². The van der Waals surface area contributed by atoms with Crippen LogP contribution in [0.3, 0.4) is 0 Å². The number of ether oxygens (including phenoxy) is 1. The van der Waals surface area contributed by atoms with Crippen LogP contribution in [0.1, 0.15) is 63.9 Å². The minimum absolute atomic E-state index is 0.0149. The van der Waals surface area contributed by atoms with Gasteiger partial charge in [-0.15, -0.1) is 0 Å². The molecule has 7 rings (SSSR count). The van der Waals surface area contributed by atoms with Crippen molar-refractivity contribution in [3.8, 4) is 0 Å². The van der Waals surface area contributed by atoms with E-state index in [4.69, 9.17) is 8.92 Å². The summed E-state index contributed by atoms with van der Waals surface area (Å²) in [5.41, 5.74) is 1.79. The van der Waals surface area contributed by atoms with E-state index < -0.39 is 10.1 Å². The van der Waals surface area contributed by atoms with Crippen LogP contribution >= 0.6 is 0 Å². The molecule has 5 fully saturated rings. The maximum absolute atomic E-state index is 13.0. The third-order valence-corrected chi connectivity index (χ3v) is 12.6. The molecule has 6 nitrogen and oxygen atoms in total. The molecule has 9 atom stereocenters. The molecular weight excluding hydrogens is 488 g/mol. The second-order valence-corrected chi connectivity index (χ2v) is 14.5. The molecular formula is C30H36O6S. The highest BCUT2D eigenvalue weighted by molar-refractivity contribution is 7.86. The van der Waals surface area contributed by atoms with Gasteiger partial charge in [0.1, 0.15) is 5.60 Å². The lowest BCUT2D eigenvalue weighted by Gasteiger charge is -2.58. The summed E-state index contributed by atoms with van der Waals surface area (Å²) in [6.07, 6.45) is 8.77. The zero-order chi connectivity index (χ0) is 25.7. The molecule has 0 N–H and O–H groups in total. The molecule has 0 radical (unpaired) electrons. The van der Waals surface area contributed by atoms with Crippen molar-refractivity contribution in [2.24, 2.45) is 46.8 Å². The number of esters is 1. The smallest absolute Gasteiger partial charge is 0.306 e. The third-order valence-electron chi connectivity index (χ3n) is 11.3. The van der Waals surface area contributed by atoms with E-state index in [1.807, 2.05) is 13.0 Å². The third kappa shape index (κ3) is 3.42. The summed E-state index contributed by atoms with van der Waals surface area (Å²) in [6, 6.07) is 6.74. The van der Waals surface area contributed by atoms with Crippen molar-refractivity contribution < 1.29 is 26.9 Å². The second kappa shape index (κ2) is 8.01. The van der Waals surface area contributed by atoms with Crippen molar-refractivity contribution >= 4 is 21.9 Å². The molecule has 37 heavy (non-hydrogen) atoms. The Labute approximate surface area is 219 Å². The zero-order valence-corrected chi connectivity index (χ0v) is 22.5. The quantitative estimate of drug-likeness (QED) is 0.407. The monoisotopic (exact) mass is 524 g/mol. The van der Waals surface area contributed by atoms with E-state index in [-0.39, 0.29) is 40.2 Å². The largest absolute Gasteiger partial charge is 0.458 e. The summed E-state index contributed by atoms with van der Waals surface area (Å²) < 4.78 is 38.0. The SMILES string of the molecule is Cc1ccc(S(=O)(=O)OC[C@@H]2CC3C(CC[C@@]4(C)C3C3CC3[C@@]43CCC(=O)O3)C3CCC(=O)C=C32)cc1. The van der Waals surface area contributed by atoms with Crippen molar-refractivity contribution in [1.82, 2.24) is 0 Å². The average Bonchev–Trinajstić information content (AvgIpc) is 3.50. The van der Waals surface area contributed by atoms with Crippen LogP contribution in [-0.4, -0.2) is 32.4 Å². The number of carbonyl (C=O) groups is 2. The fourth-order valence-corrected chi connectivity index (χ4v) is 10.8. The first-order valence-electron chi connectivity index (χ1n) is 14.1. The van der Waals surface area contributed by atoms with E-state index in [0.29, 0.717) is 48.3 Å². The summed E-state index contributed by atoms with van der Waals surface area (Å²) in [5, 5.41) is 0. The van der Waals surface area contributed by atoms with Gasteiger partial charge in [-0.2, -0.15) is 8.42 Å². The Hall–Kier alpha value is -1.99. The van der Waals surface area contributed by atoms with Gasteiger partial charge < -0.3 is 4.74 Å². The highest BCUT2D eigenvalue weighted by Crippen LogP contribution is 2.78. The molecule has 6 aliphatic rings. The Bertz CT molecular complexity index is 1300. The van der Waals surface area contributed by atoms with Gasteiger partial charge in [0.25, 0.3) is 10.1 Å². The van der Waals surface area contributed by atoms with E-state index in [1.165, 1.54) is 0 Å². The second-order valence-electron chi connectivity index (χ2n) is 12.9. The summed E-state index contributed by atoms with van der Waals surface area (Å²) in [5.74, 6) is 2.85. The van der Waals surface area contributed by atoms with Gasteiger partial charge in [-0.1, -0.05) is 30.2 Å². The van der Waals surface area contributed by atoms with Crippen LogP contribution in [-0.2, 0) is 28.6 Å². The molecule has 1 spiro atoms. The lowest BCUT2D eigenvalue weighted by atomic mass is 9.47. The van der Waals surface area contributed by atoms with Crippen molar-refractivity contribution in [3.05, 3.63) is 41.5 Å². The van der Waals surface area contributed by atoms with Crippen LogP contribution in [0.15, 0.2) is 40.8 Å². The molecule has 4 saturated carbocycles. The van der Waals surface area contributed by atoms with Crippen LogP contribution in [0.5, 0.6) is 0 Å². The van der Waals surface area contributed by atoms with E-state index in [1.54, 1.807) is 24.3 Å². The van der Waals surface area contributed by atoms with Crippen LogP contribution < -0.4 is 0 Å². The van der Waals surface area contributed by atoms with Crippen molar-refractivity contribution in [2.75, 3.05) is 6.61 Å². The van der Waals surface area contributed by atoms with Gasteiger partial charge in [0.15, 0.2) is 5.78 Å². The van der Waals surface area contributed by atoms with Crippen LogP contribution in [0.2, 0.25) is 0 Å². The zero-order valence-electron chi connectivity index (χ0n) is 21.6. The predicted octanol–water partition coefficient (Wildman–Crippen LogP) is 5.00. The minimum Gasteiger partial charge on any atom is -0.458 e. The fraction of sp³-hybridized carbons (Fsp3) is 0.667. The van der Waals surface area contributed by atoms with Gasteiger partial charge in [0.05, 0.1) is 11.5 Å². The number of aryl methyl sites for hydroxylation is 1.